The van der Waals surface area contributed by atoms with Crippen LogP contribution in [0.1, 0.15) is 19.3 Å². The van der Waals surface area contributed by atoms with E-state index in [4.69, 9.17) is 11.6 Å². The molecule has 1 aromatic rings. The predicted molar refractivity (Wildman–Crippen MR) is 66.3 cm³/mol. The summed E-state index contributed by atoms with van der Waals surface area (Å²) in [5.74, 6) is 0.472. The summed E-state index contributed by atoms with van der Waals surface area (Å²) < 4.78 is 28.0. The van der Waals surface area contributed by atoms with Gasteiger partial charge >= 0.3 is 6.61 Å². The molecular formula is C12H14ClF2NO2. The van der Waals surface area contributed by atoms with Crippen LogP contribution < -0.4 is 10.1 Å². The highest BCUT2D eigenvalue weighted by Gasteiger charge is 2.05. The van der Waals surface area contributed by atoms with Crippen molar-refractivity contribution in [2.45, 2.75) is 25.9 Å². The molecular weight excluding hydrogens is 264 g/mol. The van der Waals surface area contributed by atoms with Crippen molar-refractivity contribution in [2.24, 2.45) is 0 Å². The number of hydrogen-bond acceptors (Lipinski definition) is 2. The van der Waals surface area contributed by atoms with Crippen LogP contribution >= 0.6 is 11.6 Å². The van der Waals surface area contributed by atoms with Gasteiger partial charge in [-0.3, -0.25) is 4.79 Å². The van der Waals surface area contributed by atoms with Crippen LogP contribution in [0.15, 0.2) is 24.3 Å². The molecule has 0 heterocycles. The van der Waals surface area contributed by atoms with E-state index < -0.39 is 6.61 Å². The Hall–Kier alpha value is -1.36. The lowest BCUT2D eigenvalue weighted by Crippen LogP contribution is -2.11. The summed E-state index contributed by atoms with van der Waals surface area (Å²) in [5, 5.41) is 2.66. The fourth-order valence-electron chi connectivity index (χ4n) is 1.32. The highest BCUT2D eigenvalue weighted by Crippen LogP contribution is 2.17. The monoisotopic (exact) mass is 277 g/mol. The lowest BCUT2D eigenvalue weighted by atomic mass is 10.2. The molecule has 0 fully saturated rings. The van der Waals surface area contributed by atoms with Crippen LogP contribution in [0.3, 0.4) is 0 Å². The van der Waals surface area contributed by atoms with Gasteiger partial charge in [-0.1, -0.05) is 0 Å². The quantitative estimate of drug-likeness (QED) is 0.610. The highest BCUT2D eigenvalue weighted by molar-refractivity contribution is 6.17. The fraction of sp³-hybridized carbons (Fsp3) is 0.417. The molecule has 1 N–H and O–H groups in total. The van der Waals surface area contributed by atoms with E-state index in [1.165, 1.54) is 24.3 Å². The molecule has 0 spiro atoms. The molecule has 100 valence electrons. The second-order valence-corrected chi connectivity index (χ2v) is 3.98. The van der Waals surface area contributed by atoms with Gasteiger partial charge in [-0.05, 0) is 37.1 Å². The molecule has 0 aliphatic carbocycles. The van der Waals surface area contributed by atoms with Gasteiger partial charge in [0.2, 0.25) is 5.91 Å². The molecule has 1 aromatic carbocycles. The zero-order chi connectivity index (χ0) is 13.4. The molecule has 0 radical (unpaired) electrons. The summed E-state index contributed by atoms with van der Waals surface area (Å²) in [6.45, 7) is -2.85. The third kappa shape index (κ3) is 5.82. The Balaban J connectivity index is 2.40. The van der Waals surface area contributed by atoms with Gasteiger partial charge in [-0.2, -0.15) is 8.78 Å². The first-order valence-corrected chi connectivity index (χ1v) is 6.06. The van der Waals surface area contributed by atoms with Gasteiger partial charge in [0.25, 0.3) is 0 Å². The van der Waals surface area contributed by atoms with Gasteiger partial charge in [0.05, 0.1) is 0 Å². The topological polar surface area (TPSA) is 38.3 Å². The van der Waals surface area contributed by atoms with Crippen molar-refractivity contribution in [3.63, 3.8) is 0 Å². The SMILES string of the molecule is O=C(CCCCCl)Nc1ccc(OC(F)F)cc1. The van der Waals surface area contributed by atoms with Crippen molar-refractivity contribution < 1.29 is 18.3 Å². The summed E-state index contributed by atoms with van der Waals surface area (Å²) in [5.41, 5.74) is 0.549. The Morgan fingerprint density at radius 2 is 1.94 bits per heavy atom. The summed E-state index contributed by atoms with van der Waals surface area (Å²) in [7, 11) is 0. The first-order chi connectivity index (χ1) is 8.61. The lowest BCUT2D eigenvalue weighted by molar-refractivity contribution is -0.116. The number of halogens is 3. The van der Waals surface area contributed by atoms with Gasteiger partial charge in [0.1, 0.15) is 5.75 Å². The minimum atomic E-state index is -2.85. The van der Waals surface area contributed by atoms with Gasteiger partial charge in [-0.15, -0.1) is 11.6 Å². The fourth-order valence-corrected chi connectivity index (χ4v) is 1.51. The number of nitrogens with one attached hydrogen (secondary N) is 1. The molecule has 18 heavy (non-hydrogen) atoms. The number of anilines is 1. The summed E-state index contributed by atoms with van der Waals surface area (Å²) in [4.78, 5) is 11.4. The number of carbonyl (C=O) groups is 1. The molecule has 0 atom stereocenters. The number of rotatable bonds is 7. The molecule has 0 saturated heterocycles. The van der Waals surface area contributed by atoms with Gasteiger partial charge in [0.15, 0.2) is 0 Å². The molecule has 0 bridgehead atoms. The lowest BCUT2D eigenvalue weighted by Gasteiger charge is -2.07. The third-order valence-corrected chi connectivity index (χ3v) is 2.42. The smallest absolute Gasteiger partial charge is 0.387 e. The summed E-state index contributed by atoms with van der Waals surface area (Å²) in [6, 6.07) is 5.77. The van der Waals surface area contributed by atoms with Crippen LogP contribution in [0.25, 0.3) is 0 Å². The Kier molecular flexibility index (Phi) is 6.43. The molecule has 0 aliphatic heterocycles. The minimum Gasteiger partial charge on any atom is -0.435 e. The van der Waals surface area contributed by atoms with Crippen LogP contribution in [0.2, 0.25) is 0 Å². The zero-order valence-electron chi connectivity index (χ0n) is 9.67. The summed E-state index contributed by atoms with van der Waals surface area (Å²) in [6.07, 6.45) is 1.90. The second-order valence-electron chi connectivity index (χ2n) is 3.60. The predicted octanol–water partition coefficient (Wildman–Crippen LogP) is 3.64. The Morgan fingerprint density at radius 3 is 2.50 bits per heavy atom. The van der Waals surface area contributed by atoms with Gasteiger partial charge < -0.3 is 10.1 Å². The van der Waals surface area contributed by atoms with Crippen LogP contribution in [0, 0.1) is 0 Å². The molecule has 0 aromatic heterocycles. The largest absolute Gasteiger partial charge is 0.435 e. The van der Waals surface area contributed by atoms with E-state index in [0.717, 1.165) is 12.8 Å². The van der Waals surface area contributed by atoms with E-state index in [9.17, 15) is 13.6 Å². The highest BCUT2D eigenvalue weighted by atomic mass is 35.5. The number of hydrogen-bond donors (Lipinski definition) is 1. The van der Waals surface area contributed by atoms with Crippen molar-refractivity contribution in [1.82, 2.24) is 0 Å². The van der Waals surface area contributed by atoms with E-state index in [2.05, 4.69) is 10.1 Å². The van der Waals surface area contributed by atoms with E-state index in [1.54, 1.807) is 0 Å². The molecule has 0 unspecified atom stereocenters. The third-order valence-electron chi connectivity index (χ3n) is 2.15. The standard InChI is InChI=1S/C12H14ClF2NO2/c13-8-2-1-3-11(17)16-9-4-6-10(7-5-9)18-12(14)15/h4-7,12H,1-3,8H2,(H,16,17). The number of unbranched alkanes of at least 4 members (excludes halogenated alkanes) is 1. The van der Waals surface area contributed by atoms with Gasteiger partial charge in [0, 0.05) is 18.0 Å². The summed E-state index contributed by atoms with van der Waals surface area (Å²) >= 11 is 5.50. The molecule has 3 nitrogen and oxygen atoms in total. The second kappa shape index (κ2) is 7.87. The van der Waals surface area contributed by atoms with E-state index in [-0.39, 0.29) is 11.7 Å². The van der Waals surface area contributed by atoms with Crippen LogP contribution in [0.5, 0.6) is 5.75 Å². The number of amides is 1. The average Bonchev–Trinajstić information content (AvgIpc) is 2.31. The molecule has 1 amide bonds. The first kappa shape index (κ1) is 14.7. The molecule has 1 rings (SSSR count). The van der Waals surface area contributed by atoms with Crippen molar-refractivity contribution >= 4 is 23.2 Å². The van der Waals surface area contributed by atoms with E-state index in [0.29, 0.717) is 18.0 Å². The zero-order valence-corrected chi connectivity index (χ0v) is 10.4. The Bertz CT molecular complexity index is 371. The average molecular weight is 278 g/mol. The first-order valence-electron chi connectivity index (χ1n) is 5.52. The van der Waals surface area contributed by atoms with Crippen molar-refractivity contribution in [1.29, 1.82) is 0 Å². The van der Waals surface area contributed by atoms with Crippen LogP contribution in [-0.2, 0) is 4.79 Å². The maximum atomic E-state index is 11.9. The molecule has 0 aliphatic rings. The maximum absolute atomic E-state index is 11.9. The number of benzene rings is 1. The van der Waals surface area contributed by atoms with E-state index in [1.807, 2.05) is 0 Å². The number of carbonyl (C=O) groups excluding carboxylic acids is 1. The normalized spacial score (nSPS) is 10.4. The Morgan fingerprint density at radius 1 is 1.28 bits per heavy atom. The maximum Gasteiger partial charge on any atom is 0.387 e. The minimum absolute atomic E-state index is 0.0603. The van der Waals surface area contributed by atoms with Crippen LogP contribution in [0.4, 0.5) is 14.5 Å². The number of ether oxygens (including phenoxy) is 1. The molecule has 6 heteroatoms. The van der Waals surface area contributed by atoms with Crippen molar-refractivity contribution in [3.05, 3.63) is 24.3 Å². The van der Waals surface area contributed by atoms with Gasteiger partial charge in [-0.25, -0.2) is 0 Å². The van der Waals surface area contributed by atoms with Crippen molar-refractivity contribution in [2.75, 3.05) is 11.2 Å². The van der Waals surface area contributed by atoms with Crippen LogP contribution in [-0.4, -0.2) is 18.4 Å². The Labute approximate surface area is 109 Å². The molecule has 0 saturated carbocycles. The number of alkyl halides is 3. The van der Waals surface area contributed by atoms with Crippen molar-refractivity contribution in [3.8, 4) is 5.75 Å². The van der Waals surface area contributed by atoms with E-state index >= 15 is 0 Å².